The molecule has 11 heavy (non-hydrogen) atoms. The van der Waals surface area contributed by atoms with Crippen molar-refractivity contribution in [2.24, 2.45) is 0 Å². The third-order valence-corrected chi connectivity index (χ3v) is 1.82. The Morgan fingerprint density at radius 3 is 3.09 bits per heavy atom. The maximum absolute atomic E-state index is 4.42. The van der Waals surface area contributed by atoms with Crippen LogP contribution in [0.15, 0.2) is 24.4 Å². The van der Waals surface area contributed by atoms with E-state index in [1.807, 2.05) is 12.3 Å². The van der Waals surface area contributed by atoms with Gasteiger partial charge in [0.2, 0.25) is 0 Å². The van der Waals surface area contributed by atoms with Crippen LogP contribution in [0.1, 0.15) is 12.6 Å². The van der Waals surface area contributed by atoms with E-state index in [-0.39, 0.29) is 0 Å². The van der Waals surface area contributed by atoms with Crippen LogP contribution in [-0.4, -0.2) is 9.97 Å². The van der Waals surface area contributed by atoms with Crippen LogP contribution in [0.4, 0.5) is 0 Å². The van der Waals surface area contributed by atoms with Crippen LogP contribution in [0.2, 0.25) is 0 Å². The second-order valence-corrected chi connectivity index (χ2v) is 2.57. The Hall–Kier alpha value is -1.31. The van der Waals surface area contributed by atoms with E-state index >= 15 is 0 Å². The molecule has 56 valence electrons. The summed E-state index contributed by atoms with van der Waals surface area (Å²) < 4.78 is 0. The average molecular weight is 146 g/mol. The normalized spacial score (nSPS) is 10.6. The van der Waals surface area contributed by atoms with Crippen molar-refractivity contribution in [3.63, 3.8) is 0 Å². The molecule has 0 aliphatic carbocycles. The molecule has 2 heteroatoms. The molecule has 0 saturated carbocycles. The molecular weight excluding hydrogens is 136 g/mol. The summed E-state index contributed by atoms with van der Waals surface area (Å²) >= 11 is 0. The van der Waals surface area contributed by atoms with Crippen molar-refractivity contribution < 1.29 is 0 Å². The maximum Gasteiger partial charge on any atom is 0.0882 e. The lowest BCUT2D eigenvalue weighted by molar-refractivity contribution is 1.06. The molecule has 0 radical (unpaired) electrons. The number of rotatable bonds is 1. The lowest BCUT2D eigenvalue weighted by atomic mass is 10.3. The van der Waals surface area contributed by atoms with Crippen LogP contribution in [0, 0.1) is 0 Å². The first-order valence-electron chi connectivity index (χ1n) is 3.83. The van der Waals surface area contributed by atoms with Crippen molar-refractivity contribution in [2.75, 3.05) is 0 Å². The lowest BCUT2D eigenvalue weighted by Gasteiger charge is -1.93. The average Bonchev–Trinajstić information content (AvgIpc) is 2.50. The minimum Gasteiger partial charge on any atom is -0.360 e. The molecule has 2 aromatic rings. The number of pyridine rings is 1. The van der Waals surface area contributed by atoms with Crippen LogP contribution in [-0.2, 0) is 6.42 Å². The predicted octanol–water partition coefficient (Wildman–Crippen LogP) is 2.13. The van der Waals surface area contributed by atoms with E-state index in [4.69, 9.17) is 0 Å². The Morgan fingerprint density at radius 1 is 1.36 bits per heavy atom. The summed E-state index contributed by atoms with van der Waals surface area (Å²) in [7, 11) is 0. The van der Waals surface area contributed by atoms with E-state index in [2.05, 4.69) is 29.0 Å². The molecule has 0 aliphatic rings. The van der Waals surface area contributed by atoms with Crippen molar-refractivity contribution >= 4 is 11.0 Å². The minimum atomic E-state index is 1.00. The summed E-state index contributed by atoms with van der Waals surface area (Å²) in [6.45, 7) is 2.11. The Balaban J connectivity index is 2.67. The van der Waals surface area contributed by atoms with Crippen molar-refractivity contribution in [1.82, 2.24) is 9.97 Å². The molecule has 2 aromatic heterocycles. The number of aryl methyl sites for hydroxylation is 1. The zero-order valence-corrected chi connectivity index (χ0v) is 6.46. The van der Waals surface area contributed by atoms with Gasteiger partial charge in [0, 0.05) is 11.9 Å². The Morgan fingerprint density at radius 2 is 2.27 bits per heavy atom. The highest BCUT2D eigenvalue weighted by molar-refractivity contribution is 5.74. The van der Waals surface area contributed by atoms with Gasteiger partial charge in [0.15, 0.2) is 0 Å². The molecule has 0 aliphatic heterocycles. The Labute approximate surface area is 65.3 Å². The van der Waals surface area contributed by atoms with Gasteiger partial charge in [0.05, 0.1) is 11.0 Å². The first-order chi connectivity index (χ1) is 5.40. The highest BCUT2D eigenvalue weighted by Gasteiger charge is 1.95. The summed E-state index contributed by atoms with van der Waals surface area (Å²) in [5.41, 5.74) is 3.32. The SMILES string of the molecule is CCc1ccc2[nH]ccc2n1. The van der Waals surface area contributed by atoms with Gasteiger partial charge in [0.1, 0.15) is 0 Å². The Bertz CT molecular complexity index is 362. The molecule has 0 fully saturated rings. The van der Waals surface area contributed by atoms with Crippen molar-refractivity contribution in [3.05, 3.63) is 30.1 Å². The van der Waals surface area contributed by atoms with E-state index in [1.54, 1.807) is 0 Å². The summed E-state index contributed by atoms with van der Waals surface area (Å²) in [4.78, 5) is 7.53. The summed E-state index contributed by atoms with van der Waals surface area (Å²) in [6, 6.07) is 6.12. The topological polar surface area (TPSA) is 28.7 Å². The number of aromatic amines is 1. The largest absolute Gasteiger partial charge is 0.360 e. The number of aromatic nitrogens is 2. The van der Waals surface area contributed by atoms with Gasteiger partial charge in [-0.1, -0.05) is 6.92 Å². The molecule has 0 bridgehead atoms. The second kappa shape index (κ2) is 2.38. The number of hydrogen-bond acceptors (Lipinski definition) is 1. The van der Waals surface area contributed by atoms with Gasteiger partial charge < -0.3 is 4.98 Å². The second-order valence-electron chi connectivity index (χ2n) is 2.57. The zero-order chi connectivity index (χ0) is 7.68. The number of nitrogens with one attached hydrogen (secondary N) is 1. The van der Waals surface area contributed by atoms with Crippen LogP contribution >= 0.6 is 0 Å². The molecular formula is C9H10N2. The fourth-order valence-electron chi connectivity index (χ4n) is 1.17. The standard InChI is InChI=1S/C9H10N2/c1-2-7-3-4-8-9(11-7)5-6-10-8/h3-6,10H,2H2,1H3. The van der Waals surface area contributed by atoms with Crippen LogP contribution < -0.4 is 0 Å². The summed E-state index contributed by atoms with van der Waals surface area (Å²) in [5.74, 6) is 0. The monoisotopic (exact) mass is 146 g/mol. The van der Waals surface area contributed by atoms with Gasteiger partial charge in [-0.15, -0.1) is 0 Å². The molecule has 0 aromatic carbocycles. The molecule has 0 spiro atoms. The van der Waals surface area contributed by atoms with Gasteiger partial charge >= 0.3 is 0 Å². The Kier molecular flexibility index (Phi) is 1.39. The first kappa shape index (κ1) is 6.40. The van der Waals surface area contributed by atoms with Gasteiger partial charge in [-0.3, -0.25) is 4.98 Å². The summed E-state index contributed by atoms with van der Waals surface area (Å²) in [6.07, 6.45) is 2.91. The van der Waals surface area contributed by atoms with Gasteiger partial charge in [-0.2, -0.15) is 0 Å². The fraction of sp³-hybridized carbons (Fsp3) is 0.222. The molecule has 2 heterocycles. The van der Waals surface area contributed by atoms with Gasteiger partial charge in [0.25, 0.3) is 0 Å². The molecule has 0 atom stereocenters. The molecule has 0 unspecified atom stereocenters. The van der Waals surface area contributed by atoms with Crippen LogP contribution in [0.3, 0.4) is 0 Å². The summed E-state index contributed by atoms with van der Waals surface area (Å²) in [5, 5.41) is 0. The number of fused-ring (bicyclic) bond motifs is 1. The number of nitrogens with zero attached hydrogens (tertiary/aromatic N) is 1. The predicted molar refractivity (Wildman–Crippen MR) is 45.5 cm³/mol. The number of H-pyrrole nitrogens is 1. The molecule has 0 amide bonds. The third-order valence-electron chi connectivity index (χ3n) is 1.82. The highest BCUT2D eigenvalue weighted by atomic mass is 14.8. The fourth-order valence-corrected chi connectivity index (χ4v) is 1.17. The van der Waals surface area contributed by atoms with Crippen LogP contribution in [0.25, 0.3) is 11.0 Å². The molecule has 2 rings (SSSR count). The number of hydrogen-bond donors (Lipinski definition) is 1. The molecule has 2 nitrogen and oxygen atoms in total. The third kappa shape index (κ3) is 1.00. The smallest absolute Gasteiger partial charge is 0.0882 e. The van der Waals surface area contributed by atoms with E-state index in [0.29, 0.717) is 0 Å². The van der Waals surface area contributed by atoms with E-state index in [1.165, 1.54) is 0 Å². The van der Waals surface area contributed by atoms with Crippen molar-refractivity contribution in [3.8, 4) is 0 Å². The maximum atomic E-state index is 4.42. The zero-order valence-electron chi connectivity index (χ0n) is 6.46. The highest BCUT2D eigenvalue weighted by Crippen LogP contribution is 2.09. The minimum absolute atomic E-state index is 1.00. The van der Waals surface area contributed by atoms with Crippen molar-refractivity contribution in [1.29, 1.82) is 0 Å². The van der Waals surface area contributed by atoms with Gasteiger partial charge in [-0.25, -0.2) is 0 Å². The van der Waals surface area contributed by atoms with Crippen LogP contribution in [0.5, 0.6) is 0 Å². The van der Waals surface area contributed by atoms with E-state index in [0.717, 1.165) is 23.1 Å². The first-order valence-corrected chi connectivity index (χ1v) is 3.83. The van der Waals surface area contributed by atoms with Crippen molar-refractivity contribution in [2.45, 2.75) is 13.3 Å². The molecule has 0 saturated heterocycles. The molecule has 1 N–H and O–H groups in total. The quantitative estimate of drug-likeness (QED) is 0.656. The van der Waals surface area contributed by atoms with E-state index < -0.39 is 0 Å². The lowest BCUT2D eigenvalue weighted by Crippen LogP contribution is -1.84. The van der Waals surface area contributed by atoms with Gasteiger partial charge in [-0.05, 0) is 24.6 Å². The van der Waals surface area contributed by atoms with E-state index in [9.17, 15) is 0 Å².